The monoisotopic (exact) mass is 468 g/mol. The summed E-state index contributed by atoms with van der Waals surface area (Å²) in [6.45, 7) is 0.710. The molecule has 0 unspecified atom stereocenters. The van der Waals surface area contributed by atoms with E-state index in [4.69, 9.17) is 0 Å². The molecule has 0 radical (unpaired) electrons. The van der Waals surface area contributed by atoms with Crippen molar-refractivity contribution in [3.63, 3.8) is 0 Å². The van der Waals surface area contributed by atoms with Gasteiger partial charge in [0.25, 0.3) is 11.6 Å². The fourth-order valence-electron chi connectivity index (χ4n) is 3.97. The minimum absolute atomic E-state index is 0.150. The summed E-state index contributed by atoms with van der Waals surface area (Å²) in [5.41, 5.74) is 0.462. The fourth-order valence-corrected chi connectivity index (χ4v) is 5.43. The molecule has 172 valence electrons. The number of anilines is 1. The lowest BCUT2D eigenvalue weighted by molar-refractivity contribution is -0.384. The largest absolute Gasteiger partial charge is 0.372 e. The Morgan fingerprint density at radius 1 is 0.939 bits per heavy atom. The van der Waals surface area contributed by atoms with E-state index in [1.165, 1.54) is 15.3 Å². The molecule has 3 aromatic carbocycles. The molecule has 0 N–H and O–H groups in total. The van der Waals surface area contributed by atoms with Gasteiger partial charge in [0.05, 0.1) is 9.82 Å². The van der Waals surface area contributed by atoms with Crippen LogP contribution in [0, 0.1) is 10.1 Å². The SMILES string of the molecule is CN(C)c1ccc(C(=O)N2CCN(S(=O)(=O)c3ccc4ccccc4c3)CC2)cc1[N+](=O)[O-]. The van der Waals surface area contributed by atoms with E-state index in [-0.39, 0.29) is 48.2 Å². The van der Waals surface area contributed by atoms with E-state index in [9.17, 15) is 23.3 Å². The highest BCUT2D eigenvalue weighted by atomic mass is 32.2. The normalized spacial score (nSPS) is 14.9. The predicted octanol–water partition coefficient (Wildman–Crippen LogP) is 2.96. The average molecular weight is 469 g/mol. The number of sulfonamides is 1. The first-order valence-corrected chi connectivity index (χ1v) is 11.9. The van der Waals surface area contributed by atoms with Crippen molar-refractivity contribution in [2.45, 2.75) is 4.90 Å². The zero-order valence-corrected chi connectivity index (χ0v) is 19.2. The summed E-state index contributed by atoms with van der Waals surface area (Å²) in [6, 6.07) is 17.0. The number of carbonyl (C=O) groups excluding carboxylic acids is 1. The van der Waals surface area contributed by atoms with Crippen LogP contribution in [-0.2, 0) is 10.0 Å². The van der Waals surface area contributed by atoms with Crippen molar-refractivity contribution in [1.29, 1.82) is 0 Å². The van der Waals surface area contributed by atoms with E-state index in [1.54, 1.807) is 49.3 Å². The van der Waals surface area contributed by atoms with E-state index >= 15 is 0 Å². The number of amides is 1. The van der Waals surface area contributed by atoms with Crippen LogP contribution in [-0.4, -0.2) is 68.7 Å². The van der Waals surface area contributed by atoms with Gasteiger partial charge in [-0.3, -0.25) is 14.9 Å². The second-order valence-electron chi connectivity index (χ2n) is 8.06. The van der Waals surface area contributed by atoms with Gasteiger partial charge in [-0.2, -0.15) is 4.31 Å². The van der Waals surface area contributed by atoms with Crippen LogP contribution in [0.25, 0.3) is 10.8 Å². The summed E-state index contributed by atoms with van der Waals surface area (Å²) in [4.78, 5) is 27.2. The molecular formula is C23H24N4O5S. The molecule has 3 aromatic rings. The molecule has 4 rings (SSSR count). The van der Waals surface area contributed by atoms with Crippen LogP contribution < -0.4 is 4.90 Å². The van der Waals surface area contributed by atoms with Gasteiger partial charge in [0.15, 0.2) is 0 Å². The molecule has 10 heteroatoms. The van der Waals surface area contributed by atoms with E-state index in [0.717, 1.165) is 10.8 Å². The van der Waals surface area contributed by atoms with Crippen LogP contribution in [0.5, 0.6) is 0 Å². The molecule has 0 saturated carbocycles. The number of carbonyl (C=O) groups is 1. The van der Waals surface area contributed by atoms with Crippen molar-refractivity contribution in [3.05, 3.63) is 76.3 Å². The summed E-state index contributed by atoms with van der Waals surface area (Å²) < 4.78 is 27.7. The quantitative estimate of drug-likeness (QED) is 0.421. The Balaban J connectivity index is 1.49. The second kappa shape index (κ2) is 8.80. The van der Waals surface area contributed by atoms with Gasteiger partial charge in [-0.15, -0.1) is 0 Å². The van der Waals surface area contributed by atoms with Gasteiger partial charge in [-0.1, -0.05) is 30.3 Å². The van der Waals surface area contributed by atoms with Crippen LogP contribution in [0.2, 0.25) is 0 Å². The number of hydrogen-bond donors (Lipinski definition) is 0. The topological polar surface area (TPSA) is 104 Å². The molecule has 0 spiro atoms. The first-order chi connectivity index (χ1) is 15.7. The Hall–Kier alpha value is -3.50. The van der Waals surface area contributed by atoms with Crippen LogP contribution >= 0.6 is 0 Å². The highest BCUT2D eigenvalue weighted by Crippen LogP contribution is 2.29. The van der Waals surface area contributed by atoms with Gasteiger partial charge in [0.2, 0.25) is 10.0 Å². The zero-order valence-electron chi connectivity index (χ0n) is 18.3. The van der Waals surface area contributed by atoms with E-state index in [0.29, 0.717) is 5.69 Å². The lowest BCUT2D eigenvalue weighted by atomic mass is 10.1. The smallest absolute Gasteiger partial charge is 0.293 e. The first kappa shape index (κ1) is 22.7. The van der Waals surface area contributed by atoms with Crippen LogP contribution in [0.4, 0.5) is 11.4 Å². The lowest BCUT2D eigenvalue weighted by Crippen LogP contribution is -2.50. The lowest BCUT2D eigenvalue weighted by Gasteiger charge is -2.34. The summed E-state index contributed by atoms with van der Waals surface area (Å²) in [5.74, 6) is -0.355. The maximum atomic E-state index is 13.1. The van der Waals surface area contributed by atoms with Crippen molar-refractivity contribution < 1.29 is 18.1 Å². The summed E-state index contributed by atoms with van der Waals surface area (Å²) in [6.07, 6.45) is 0. The number of nitro benzene ring substituents is 1. The Morgan fingerprint density at radius 2 is 1.61 bits per heavy atom. The van der Waals surface area contributed by atoms with Crippen LogP contribution in [0.3, 0.4) is 0 Å². The van der Waals surface area contributed by atoms with Crippen molar-refractivity contribution in [2.75, 3.05) is 45.2 Å². The Bertz CT molecular complexity index is 1330. The third-order valence-electron chi connectivity index (χ3n) is 5.79. The first-order valence-electron chi connectivity index (χ1n) is 10.4. The number of benzene rings is 3. The standard InChI is InChI=1S/C23H24N4O5S/c1-24(2)21-10-8-19(16-22(21)27(29)30)23(28)25-11-13-26(14-12-25)33(31,32)20-9-7-17-5-3-4-6-18(17)15-20/h3-10,15-16H,11-14H2,1-2H3. The van der Waals surface area contributed by atoms with E-state index in [2.05, 4.69) is 0 Å². The minimum atomic E-state index is -3.70. The van der Waals surface area contributed by atoms with Gasteiger partial charge in [0.1, 0.15) is 5.69 Å². The summed E-state index contributed by atoms with van der Waals surface area (Å²) in [7, 11) is -0.313. The van der Waals surface area contributed by atoms with Gasteiger partial charge in [0, 0.05) is 51.9 Å². The molecule has 0 bridgehead atoms. The summed E-state index contributed by atoms with van der Waals surface area (Å²) in [5, 5.41) is 13.2. The Labute approximate surface area is 192 Å². The molecule has 1 heterocycles. The molecule has 1 saturated heterocycles. The highest BCUT2D eigenvalue weighted by molar-refractivity contribution is 7.89. The van der Waals surface area contributed by atoms with Crippen molar-refractivity contribution in [2.24, 2.45) is 0 Å². The molecule has 1 aliphatic rings. The Morgan fingerprint density at radius 3 is 2.24 bits per heavy atom. The number of nitro groups is 1. The van der Waals surface area contributed by atoms with Gasteiger partial charge in [-0.25, -0.2) is 8.42 Å². The maximum Gasteiger partial charge on any atom is 0.293 e. The molecule has 1 amide bonds. The summed E-state index contributed by atoms with van der Waals surface area (Å²) >= 11 is 0. The van der Waals surface area contributed by atoms with Crippen molar-refractivity contribution in [3.8, 4) is 0 Å². The molecule has 1 aliphatic heterocycles. The number of rotatable bonds is 5. The van der Waals surface area contributed by atoms with Crippen molar-refractivity contribution >= 4 is 38.1 Å². The fraction of sp³-hybridized carbons (Fsp3) is 0.261. The molecule has 0 aliphatic carbocycles. The Kier molecular flexibility index (Phi) is 6.05. The third-order valence-corrected chi connectivity index (χ3v) is 7.68. The highest BCUT2D eigenvalue weighted by Gasteiger charge is 2.31. The molecule has 1 fully saturated rings. The number of nitrogens with zero attached hydrogens (tertiary/aromatic N) is 4. The second-order valence-corrected chi connectivity index (χ2v) is 10.00. The predicted molar refractivity (Wildman–Crippen MR) is 126 cm³/mol. The van der Waals surface area contributed by atoms with Gasteiger partial charge >= 0.3 is 0 Å². The maximum absolute atomic E-state index is 13.1. The molecule has 0 aromatic heterocycles. The van der Waals surface area contributed by atoms with Crippen molar-refractivity contribution in [1.82, 2.24) is 9.21 Å². The zero-order chi connectivity index (χ0) is 23.8. The molecule has 33 heavy (non-hydrogen) atoms. The molecular weight excluding hydrogens is 444 g/mol. The number of hydrogen-bond acceptors (Lipinski definition) is 6. The van der Waals surface area contributed by atoms with E-state index in [1.807, 2.05) is 24.3 Å². The average Bonchev–Trinajstić information content (AvgIpc) is 2.82. The van der Waals surface area contributed by atoms with E-state index < -0.39 is 14.9 Å². The molecule has 0 atom stereocenters. The van der Waals surface area contributed by atoms with Crippen LogP contribution in [0.15, 0.2) is 65.6 Å². The van der Waals surface area contributed by atoms with Crippen LogP contribution in [0.1, 0.15) is 10.4 Å². The number of fused-ring (bicyclic) bond motifs is 1. The third kappa shape index (κ3) is 4.39. The molecule has 9 nitrogen and oxygen atoms in total. The van der Waals surface area contributed by atoms with Gasteiger partial charge in [-0.05, 0) is 35.0 Å². The minimum Gasteiger partial charge on any atom is -0.372 e. The van der Waals surface area contributed by atoms with Gasteiger partial charge < -0.3 is 9.80 Å². The number of piperazine rings is 1.